The molecule has 5 nitrogen and oxygen atoms in total. The van der Waals surface area contributed by atoms with Gasteiger partial charge in [-0.05, 0) is 57.9 Å². The SMILES string of the molecule is Cc1ccc(CN(C(=O)COc2cccc(C)c2)C(C)C(=O)NC(C)C)cc1. The van der Waals surface area contributed by atoms with Gasteiger partial charge in [-0.2, -0.15) is 0 Å². The number of nitrogens with one attached hydrogen (secondary N) is 1. The standard InChI is InChI=1S/C23H30N2O3/c1-16(2)24-23(27)19(5)25(14-20-11-9-17(3)10-12-20)22(26)15-28-21-8-6-7-18(4)13-21/h6-13,16,19H,14-15H2,1-5H3,(H,24,27). The van der Waals surface area contributed by atoms with E-state index in [2.05, 4.69) is 5.32 Å². The summed E-state index contributed by atoms with van der Waals surface area (Å²) in [5.74, 6) is 0.238. The fraction of sp³-hybridized carbons (Fsp3) is 0.391. The van der Waals surface area contributed by atoms with E-state index < -0.39 is 6.04 Å². The Morgan fingerprint density at radius 1 is 1.00 bits per heavy atom. The van der Waals surface area contributed by atoms with Crippen molar-refractivity contribution in [2.75, 3.05) is 6.61 Å². The van der Waals surface area contributed by atoms with Crippen LogP contribution in [-0.4, -0.2) is 35.4 Å². The number of carbonyl (C=O) groups excluding carboxylic acids is 2. The van der Waals surface area contributed by atoms with Crippen molar-refractivity contribution in [1.29, 1.82) is 0 Å². The molecular formula is C23H30N2O3. The van der Waals surface area contributed by atoms with E-state index in [4.69, 9.17) is 4.74 Å². The van der Waals surface area contributed by atoms with Crippen LogP contribution in [0.4, 0.5) is 0 Å². The molecule has 0 fully saturated rings. The van der Waals surface area contributed by atoms with Crippen LogP contribution in [0.1, 0.15) is 37.5 Å². The Balaban J connectivity index is 2.14. The fourth-order valence-corrected chi connectivity index (χ4v) is 2.81. The molecule has 0 aromatic heterocycles. The van der Waals surface area contributed by atoms with Crippen molar-refractivity contribution in [3.05, 3.63) is 65.2 Å². The second-order valence-corrected chi connectivity index (χ2v) is 7.45. The zero-order valence-electron chi connectivity index (χ0n) is 17.4. The van der Waals surface area contributed by atoms with Crippen molar-refractivity contribution in [2.45, 2.75) is 53.2 Å². The molecule has 0 aliphatic heterocycles. The number of ether oxygens (including phenoxy) is 1. The van der Waals surface area contributed by atoms with Crippen LogP contribution in [0.25, 0.3) is 0 Å². The first-order valence-electron chi connectivity index (χ1n) is 9.61. The molecule has 0 aliphatic carbocycles. The van der Waals surface area contributed by atoms with Gasteiger partial charge in [0.2, 0.25) is 5.91 Å². The normalized spacial score (nSPS) is 11.8. The number of rotatable bonds is 8. The Bertz CT molecular complexity index is 800. The zero-order chi connectivity index (χ0) is 20.7. The quantitative estimate of drug-likeness (QED) is 0.759. The maximum absolute atomic E-state index is 12.9. The molecule has 5 heteroatoms. The molecule has 0 saturated carbocycles. The number of carbonyl (C=O) groups is 2. The highest BCUT2D eigenvalue weighted by Crippen LogP contribution is 2.15. The molecule has 1 N–H and O–H groups in total. The van der Waals surface area contributed by atoms with Crippen LogP contribution in [0.5, 0.6) is 5.75 Å². The predicted octanol–water partition coefficient (Wildman–Crippen LogP) is 3.62. The summed E-state index contributed by atoms with van der Waals surface area (Å²) in [6, 6.07) is 14.9. The summed E-state index contributed by atoms with van der Waals surface area (Å²) in [5, 5.41) is 2.88. The van der Waals surface area contributed by atoms with Crippen molar-refractivity contribution in [3.63, 3.8) is 0 Å². The van der Waals surface area contributed by atoms with E-state index in [0.29, 0.717) is 12.3 Å². The number of aryl methyl sites for hydroxylation is 2. The molecule has 1 unspecified atom stereocenters. The van der Waals surface area contributed by atoms with Gasteiger partial charge in [0.1, 0.15) is 11.8 Å². The molecule has 0 radical (unpaired) electrons. The average Bonchev–Trinajstić information content (AvgIpc) is 2.64. The first-order chi connectivity index (χ1) is 13.3. The Morgan fingerprint density at radius 3 is 2.29 bits per heavy atom. The van der Waals surface area contributed by atoms with Gasteiger partial charge in [-0.1, -0.05) is 42.0 Å². The molecule has 28 heavy (non-hydrogen) atoms. The summed E-state index contributed by atoms with van der Waals surface area (Å²) in [7, 11) is 0. The molecule has 0 bridgehead atoms. The summed E-state index contributed by atoms with van der Waals surface area (Å²) >= 11 is 0. The molecule has 1 atom stereocenters. The lowest BCUT2D eigenvalue weighted by Gasteiger charge is -2.29. The van der Waals surface area contributed by atoms with Gasteiger partial charge in [0.05, 0.1) is 0 Å². The Hall–Kier alpha value is -2.82. The maximum atomic E-state index is 12.9. The largest absolute Gasteiger partial charge is 0.484 e. The average molecular weight is 383 g/mol. The van der Waals surface area contributed by atoms with Gasteiger partial charge >= 0.3 is 0 Å². The molecule has 2 aromatic rings. The topological polar surface area (TPSA) is 58.6 Å². The van der Waals surface area contributed by atoms with Gasteiger partial charge in [0, 0.05) is 12.6 Å². The second-order valence-electron chi connectivity index (χ2n) is 7.45. The molecule has 150 valence electrons. The van der Waals surface area contributed by atoms with E-state index >= 15 is 0 Å². The minimum Gasteiger partial charge on any atom is -0.484 e. The number of amides is 2. The van der Waals surface area contributed by atoms with E-state index in [0.717, 1.165) is 16.7 Å². The zero-order valence-corrected chi connectivity index (χ0v) is 17.4. The van der Waals surface area contributed by atoms with E-state index in [1.807, 2.05) is 76.2 Å². The Morgan fingerprint density at radius 2 is 1.68 bits per heavy atom. The first kappa shape index (κ1) is 21.5. The molecule has 2 amide bonds. The molecule has 0 heterocycles. The number of hydrogen-bond donors (Lipinski definition) is 1. The molecular weight excluding hydrogens is 352 g/mol. The predicted molar refractivity (Wildman–Crippen MR) is 111 cm³/mol. The summed E-state index contributed by atoms with van der Waals surface area (Å²) < 4.78 is 5.67. The van der Waals surface area contributed by atoms with Gasteiger partial charge < -0.3 is 15.0 Å². The van der Waals surface area contributed by atoms with Crippen LogP contribution in [0.2, 0.25) is 0 Å². The van der Waals surface area contributed by atoms with Crippen molar-refractivity contribution >= 4 is 11.8 Å². The smallest absolute Gasteiger partial charge is 0.261 e. The van der Waals surface area contributed by atoms with Crippen molar-refractivity contribution in [3.8, 4) is 5.75 Å². The lowest BCUT2D eigenvalue weighted by Crippen LogP contribution is -2.50. The van der Waals surface area contributed by atoms with E-state index in [1.54, 1.807) is 11.8 Å². The van der Waals surface area contributed by atoms with Crippen LogP contribution in [0.3, 0.4) is 0 Å². The van der Waals surface area contributed by atoms with Gasteiger partial charge in [0.15, 0.2) is 6.61 Å². The minimum atomic E-state index is -0.600. The summed E-state index contributed by atoms with van der Waals surface area (Å²) in [6.07, 6.45) is 0. The van der Waals surface area contributed by atoms with E-state index in [9.17, 15) is 9.59 Å². The van der Waals surface area contributed by atoms with E-state index in [1.165, 1.54) is 0 Å². The van der Waals surface area contributed by atoms with E-state index in [-0.39, 0.29) is 24.5 Å². The maximum Gasteiger partial charge on any atom is 0.261 e. The summed E-state index contributed by atoms with van der Waals surface area (Å²) in [6.45, 7) is 9.76. The Labute approximate surface area is 167 Å². The van der Waals surface area contributed by atoms with Crippen molar-refractivity contribution in [2.24, 2.45) is 0 Å². The molecule has 0 spiro atoms. The molecule has 0 aliphatic rings. The van der Waals surface area contributed by atoms with Gasteiger partial charge in [0.25, 0.3) is 5.91 Å². The molecule has 2 rings (SSSR count). The Kier molecular flexibility index (Phi) is 7.61. The number of benzene rings is 2. The second kappa shape index (κ2) is 9.93. The van der Waals surface area contributed by atoms with Crippen LogP contribution < -0.4 is 10.1 Å². The minimum absolute atomic E-state index is 0.00909. The van der Waals surface area contributed by atoms with Crippen LogP contribution in [0.15, 0.2) is 48.5 Å². The fourth-order valence-electron chi connectivity index (χ4n) is 2.81. The molecule has 2 aromatic carbocycles. The van der Waals surface area contributed by atoms with Crippen LogP contribution >= 0.6 is 0 Å². The van der Waals surface area contributed by atoms with Crippen molar-refractivity contribution in [1.82, 2.24) is 10.2 Å². The third-order valence-electron chi connectivity index (χ3n) is 4.42. The third kappa shape index (κ3) is 6.41. The van der Waals surface area contributed by atoms with Gasteiger partial charge in [-0.25, -0.2) is 0 Å². The monoisotopic (exact) mass is 382 g/mol. The highest BCUT2D eigenvalue weighted by atomic mass is 16.5. The third-order valence-corrected chi connectivity index (χ3v) is 4.42. The lowest BCUT2D eigenvalue weighted by atomic mass is 10.1. The van der Waals surface area contributed by atoms with Crippen LogP contribution in [0, 0.1) is 13.8 Å². The number of nitrogens with zero attached hydrogens (tertiary/aromatic N) is 1. The lowest BCUT2D eigenvalue weighted by molar-refractivity contribution is -0.142. The highest BCUT2D eigenvalue weighted by Gasteiger charge is 2.26. The highest BCUT2D eigenvalue weighted by molar-refractivity contribution is 5.88. The van der Waals surface area contributed by atoms with Gasteiger partial charge in [-0.3, -0.25) is 9.59 Å². The van der Waals surface area contributed by atoms with Crippen LogP contribution in [-0.2, 0) is 16.1 Å². The summed E-state index contributed by atoms with van der Waals surface area (Å²) in [5.41, 5.74) is 3.18. The van der Waals surface area contributed by atoms with Crippen molar-refractivity contribution < 1.29 is 14.3 Å². The summed E-state index contributed by atoms with van der Waals surface area (Å²) in [4.78, 5) is 27.0. The van der Waals surface area contributed by atoms with Gasteiger partial charge in [-0.15, -0.1) is 0 Å². The first-order valence-corrected chi connectivity index (χ1v) is 9.61. The number of hydrogen-bond acceptors (Lipinski definition) is 3. The molecule has 0 saturated heterocycles.